The predicted molar refractivity (Wildman–Crippen MR) is 74.3 cm³/mol. The number of hydrogen-bond acceptors (Lipinski definition) is 3. The van der Waals surface area contributed by atoms with Crippen molar-refractivity contribution < 1.29 is 17.9 Å². The number of alkyl halides is 3. The molecule has 0 radical (unpaired) electrons. The highest BCUT2D eigenvalue weighted by atomic mass is 32.1. The van der Waals surface area contributed by atoms with Crippen molar-refractivity contribution >= 4 is 11.3 Å². The van der Waals surface area contributed by atoms with Gasteiger partial charge < -0.3 is 10.1 Å². The Morgan fingerprint density at radius 2 is 2.25 bits per heavy atom. The molecule has 6 heteroatoms. The lowest BCUT2D eigenvalue weighted by Crippen LogP contribution is -2.30. The van der Waals surface area contributed by atoms with Crippen LogP contribution in [0.5, 0.6) is 0 Å². The molecular formula is C14H20F3NOS. The quantitative estimate of drug-likeness (QED) is 0.806. The molecular weight excluding hydrogens is 287 g/mol. The molecule has 0 amide bonds. The zero-order chi connectivity index (χ0) is 14.6. The number of thiophene rings is 1. The van der Waals surface area contributed by atoms with Crippen molar-refractivity contribution in [2.45, 2.75) is 44.9 Å². The molecule has 1 unspecified atom stereocenters. The SMILES string of the molecule is CCOC1CCCc2sc(CCNCC(F)(F)F)cc21. The number of aryl methyl sites for hydroxylation is 1. The van der Waals surface area contributed by atoms with Gasteiger partial charge in [-0.3, -0.25) is 0 Å². The first-order valence-corrected chi connectivity index (χ1v) is 7.82. The van der Waals surface area contributed by atoms with E-state index in [2.05, 4.69) is 11.4 Å². The van der Waals surface area contributed by atoms with Crippen LogP contribution < -0.4 is 5.32 Å². The van der Waals surface area contributed by atoms with E-state index in [0.29, 0.717) is 19.6 Å². The lowest BCUT2D eigenvalue weighted by molar-refractivity contribution is -0.124. The summed E-state index contributed by atoms with van der Waals surface area (Å²) in [6, 6.07) is 2.12. The Kier molecular flexibility index (Phi) is 5.46. The Morgan fingerprint density at radius 3 is 2.95 bits per heavy atom. The first-order valence-electron chi connectivity index (χ1n) is 7.00. The van der Waals surface area contributed by atoms with Crippen molar-refractivity contribution in [2.24, 2.45) is 0 Å². The highest BCUT2D eigenvalue weighted by Crippen LogP contribution is 2.37. The molecule has 1 atom stereocenters. The normalized spacial score (nSPS) is 19.1. The summed E-state index contributed by atoms with van der Waals surface area (Å²) in [6.45, 7) is 2.13. The predicted octanol–water partition coefficient (Wildman–Crippen LogP) is 3.86. The molecule has 2 rings (SSSR count). The average Bonchev–Trinajstić information content (AvgIpc) is 2.78. The highest BCUT2D eigenvalue weighted by Gasteiger charge is 2.26. The number of ether oxygens (including phenoxy) is 1. The van der Waals surface area contributed by atoms with Crippen molar-refractivity contribution in [3.63, 3.8) is 0 Å². The Balaban J connectivity index is 1.88. The van der Waals surface area contributed by atoms with E-state index in [-0.39, 0.29) is 6.10 Å². The molecule has 0 bridgehead atoms. The van der Waals surface area contributed by atoms with Crippen LogP contribution in [0.2, 0.25) is 0 Å². The van der Waals surface area contributed by atoms with Gasteiger partial charge in [-0.05, 0) is 44.2 Å². The molecule has 1 heterocycles. The maximum absolute atomic E-state index is 12.0. The molecule has 2 nitrogen and oxygen atoms in total. The van der Waals surface area contributed by atoms with Gasteiger partial charge in [-0.25, -0.2) is 0 Å². The molecule has 114 valence electrons. The van der Waals surface area contributed by atoms with Gasteiger partial charge in [0.25, 0.3) is 0 Å². The smallest absolute Gasteiger partial charge is 0.374 e. The minimum absolute atomic E-state index is 0.178. The van der Waals surface area contributed by atoms with Gasteiger partial charge in [-0.1, -0.05) is 0 Å². The Hall–Kier alpha value is -0.590. The van der Waals surface area contributed by atoms with Gasteiger partial charge in [0.2, 0.25) is 0 Å². The highest BCUT2D eigenvalue weighted by molar-refractivity contribution is 7.12. The fraction of sp³-hybridized carbons (Fsp3) is 0.714. The minimum Gasteiger partial charge on any atom is -0.374 e. The molecule has 0 fully saturated rings. The molecule has 0 saturated carbocycles. The summed E-state index contributed by atoms with van der Waals surface area (Å²) < 4.78 is 41.8. The van der Waals surface area contributed by atoms with Gasteiger partial charge >= 0.3 is 6.18 Å². The van der Waals surface area contributed by atoms with Crippen molar-refractivity contribution in [1.29, 1.82) is 0 Å². The summed E-state index contributed by atoms with van der Waals surface area (Å²) >= 11 is 1.72. The summed E-state index contributed by atoms with van der Waals surface area (Å²) in [6.07, 6.45) is -0.0642. The third-order valence-electron chi connectivity index (χ3n) is 3.35. The van der Waals surface area contributed by atoms with E-state index < -0.39 is 12.7 Å². The first-order chi connectivity index (χ1) is 9.49. The molecule has 20 heavy (non-hydrogen) atoms. The standard InChI is InChI=1S/C14H20F3NOS/c1-2-19-12-4-3-5-13-11(12)8-10(20-13)6-7-18-9-14(15,16)17/h8,12,18H,2-7,9H2,1H3. The fourth-order valence-electron chi connectivity index (χ4n) is 2.51. The monoisotopic (exact) mass is 307 g/mol. The summed E-state index contributed by atoms with van der Waals surface area (Å²) in [4.78, 5) is 2.50. The second-order valence-corrected chi connectivity index (χ2v) is 6.19. The summed E-state index contributed by atoms with van der Waals surface area (Å²) in [5.74, 6) is 0. The van der Waals surface area contributed by atoms with Gasteiger partial charge in [0.1, 0.15) is 0 Å². The Bertz CT molecular complexity index is 431. The lowest BCUT2D eigenvalue weighted by Gasteiger charge is -2.22. The van der Waals surface area contributed by atoms with Gasteiger partial charge in [-0.15, -0.1) is 11.3 Å². The Labute approximate surface area is 121 Å². The molecule has 1 aromatic rings. The second kappa shape index (κ2) is 6.91. The summed E-state index contributed by atoms with van der Waals surface area (Å²) in [7, 11) is 0. The van der Waals surface area contributed by atoms with Crippen LogP contribution in [0.4, 0.5) is 13.2 Å². The third-order valence-corrected chi connectivity index (χ3v) is 4.62. The molecule has 1 aromatic heterocycles. The third kappa shape index (κ3) is 4.46. The van der Waals surface area contributed by atoms with Crippen LogP contribution in [0.1, 0.15) is 41.2 Å². The number of rotatable bonds is 6. The maximum atomic E-state index is 12.0. The van der Waals surface area contributed by atoms with E-state index in [1.165, 1.54) is 10.4 Å². The lowest BCUT2D eigenvalue weighted by atomic mass is 9.96. The van der Waals surface area contributed by atoms with Crippen molar-refractivity contribution in [3.05, 3.63) is 21.4 Å². The van der Waals surface area contributed by atoms with E-state index in [0.717, 1.165) is 24.1 Å². The van der Waals surface area contributed by atoms with Crippen LogP contribution in [-0.4, -0.2) is 25.9 Å². The molecule has 0 spiro atoms. The maximum Gasteiger partial charge on any atom is 0.401 e. The molecule has 1 aliphatic rings. The van der Waals surface area contributed by atoms with E-state index >= 15 is 0 Å². The van der Waals surface area contributed by atoms with Crippen LogP contribution in [0.25, 0.3) is 0 Å². The zero-order valence-corrected chi connectivity index (χ0v) is 12.4. The molecule has 1 aliphatic carbocycles. The fourth-order valence-corrected chi connectivity index (χ4v) is 3.77. The zero-order valence-electron chi connectivity index (χ0n) is 11.6. The first kappa shape index (κ1) is 15.8. The second-order valence-electron chi connectivity index (χ2n) is 4.97. The van der Waals surface area contributed by atoms with Gasteiger partial charge in [-0.2, -0.15) is 13.2 Å². The van der Waals surface area contributed by atoms with Crippen molar-refractivity contribution in [1.82, 2.24) is 5.32 Å². The number of fused-ring (bicyclic) bond motifs is 1. The average molecular weight is 307 g/mol. The largest absolute Gasteiger partial charge is 0.401 e. The van der Waals surface area contributed by atoms with E-state index in [4.69, 9.17) is 4.74 Å². The topological polar surface area (TPSA) is 21.3 Å². The number of hydrogen-bond donors (Lipinski definition) is 1. The van der Waals surface area contributed by atoms with Gasteiger partial charge in [0.05, 0.1) is 12.6 Å². The van der Waals surface area contributed by atoms with Gasteiger partial charge in [0, 0.05) is 22.9 Å². The molecule has 0 saturated heterocycles. The van der Waals surface area contributed by atoms with Crippen LogP contribution in [-0.2, 0) is 17.6 Å². The minimum atomic E-state index is -4.13. The van der Waals surface area contributed by atoms with Crippen LogP contribution >= 0.6 is 11.3 Å². The summed E-state index contributed by atoms with van der Waals surface area (Å²) in [5.41, 5.74) is 1.26. The molecule has 0 aromatic carbocycles. The van der Waals surface area contributed by atoms with Crippen LogP contribution in [0.3, 0.4) is 0 Å². The van der Waals surface area contributed by atoms with Crippen molar-refractivity contribution in [3.8, 4) is 0 Å². The number of nitrogens with one attached hydrogen (secondary N) is 1. The molecule has 1 N–H and O–H groups in total. The van der Waals surface area contributed by atoms with Crippen LogP contribution in [0.15, 0.2) is 6.07 Å². The summed E-state index contributed by atoms with van der Waals surface area (Å²) in [5, 5.41) is 2.44. The Morgan fingerprint density at radius 1 is 1.45 bits per heavy atom. The number of halogens is 3. The van der Waals surface area contributed by atoms with E-state index in [1.54, 1.807) is 11.3 Å². The van der Waals surface area contributed by atoms with Gasteiger partial charge in [0.15, 0.2) is 0 Å². The molecule has 0 aliphatic heterocycles. The van der Waals surface area contributed by atoms with E-state index in [9.17, 15) is 13.2 Å². The van der Waals surface area contributed by atoms with Crippen molar-refractivity contribution in [2.75, 3.05) is 19.7 Å². The van der Waals surface area contributed by atoms with E-state index in [1.807, 2.05) is 6.92 Å². The van der Waals surface area contributed by atoms with Crippen LogP contribution in [0, 0.1) is 0 Å².